The second-order valence-electron chi connectivity index (χ2n) is 5.45. The van der Waals surface area contributed by atoms with E-state index in [1.54, 1.807) is 0 Å². The lowest BCUT2D eigenvalue weighted by Gasteiger charge is -2.15. The van der Waals surface area contributed by atoms with Crippen LogP contribution < -0.4 is 14.8 Å². The van der Waals surface area contributed by atoms with Gasteiger partial charge in [-0.25, -0.2) is 0 Å². The van der Waals surface area contributed by atoms with E-state index in [0.29, 0.717) is 19.8 Å². The summed E-state index contributed by atoms with van der Waals surface area (Å²) < 4.78 is 11.6. The van der Waals surface area contributed by atoms with Gasteiger partial charge in [-0.1, -0.05) is 36.4 Å². The minimum atomic E-state index is 0.0690. The number of aliphatic hydroxyl groups is 1. The van der Waals surface area contributed by atoms with Crippen LogP contribution in [-0.2, 0) is 13.2 Å². The van der Waals surface area contributed by atoms with Crippen molar-refractivity contribution in [2.75, 3.05) is 13.2 Å². The van der Waals surface area contributed by atoms with Crippen LogP contribution in [0.15, 0.2) is 48.5 Å². The first kappa shape index (κ1) is 17.3. The zero-order chi connectivity index (χ0) is 16.5. The fraction of sp³-hybridized carbons (Fsp3) is 0.368. The summed E-state index contributed by atoms with van der Waals surface area (Å²) in [4.78, 5) is 0. The molecule has 1 atom stereocenters. The Kier molecular flexibility index (Phi) is 6.91. The van der Waals surface area contributed by atoms with E-state index < -0.39 is 0 Å². The van der Waals surface area contributed by atoms with Crippen LogP contribution in [0.25, 0.3) is 0 Å². The average Bonchev–Trinajstić information content (AvgIpc) is 2.60. The zero-order valence-corrected chi connectivity index (χ0v) is 13.8. The molecule has 0 aliphatic rings. The molecule has 0 amide bonds. The molecule has 0 aromatic heterocycles. The molecular formula is C19H25NO3. The van der Waals surface area contributed by atoms with Gasteiger partial charge in [0.1, 0.15) is 6.61 Å². The zero-order valence-electron chi connectivity index (χ0n) is 13.8. The summed E-state index contributed by atoms with van der Waals surface area (Å²) in [5, 5.41) is 12.3. The van der Waals surface area contributed by atoms with E-state index in [1.165, 1.54) is 0 Å². The Morgan fingerprint density at radius 3 is 2.48 bits per heavy atom. The highest BCUT2D eigenvalue weighted by molar-refractivity contribution is 5.43. The van der Waals surface area contributed by atoms with Crippen molar-refractivity contribution in [2.24, 2.45) is 0 Å². The molecule has 0 saturated heterocycles. The summed E-state index contributed by atoms with van der Waals surface area (Å²) in [6.45, 7) is 5.81. The number of rotatable bonds is 9. The maximum absolute atomic E-state index is 9.07. The molecule has 2 rings (SSSR count). The van der Waals surface area contributed by atoms with E-state index in [-0.39, 0.29) is 12.6 Å². The lowest BCUT2D eigenvalue weighted by molar-refractivity contribution is 0.250. The Hall–Kier alpha value is -2.04. The fourth-order valence-electron chi connectivity index (χ4n) is 2.14. The third-order valence-corrected chi connectivity index (χ3v) is 3.47. The monoisotopic (exact) mass is 315 g/mol. The first-order chi connectivity index (χ1) is 11.2. The molecule has 124 valence electrons. The van der Waals surface area contributed by atoms with Gasteiger partial charge in [-0.05, 0) is 37.1 Å². The first-order valence-corrected chi connectivity index (χ1v) is 7.99. The molecule has 2 aromatic rings. The first-order valence-electron chi connectivity index (χ1n) is 7.99. The van der Waals surface area contributed by atoms with E-state index in [2.05, 4.69) is 5.32 Å². The van der Waals surface area contributed by atoms with Gasteiger partial charge >= 0.3 is 0 Å². The maximum atomic E-state index is 9.07. The maximum Gasteiger partial charge on any atom is 0.161 e. The fourth-order valence-corrected chi connectivity index (χ4v) is 2.14. The predicted molar refractivity (Wildman–Crippen MR) is 91.8 cm³/mol. The second kappa shape index (κ2) is 9.18. The second-order valence-corrected chi connectivity index (χ2v) is 5.45. The summed E-state index contributed by atoms with van der Waals surface area (Å²) >= 11 is 0. The largest absolute Gasteiger partial charge is 0.490 e. The standard InChI is InChI=1S/C19H25NO3/c1-3-22-19-11-17(12-20-15(2)13-21)9-10-18(19)23-14-16-7-5-4-6-8-16/h4-11,15,20-21H,3,12-14H2,1-2H3/t15-/m1/s1. The van der Waals surface area contributed by atoms with Gasteiger partial charge in [0.05, 0.1) is 13.2 Å². The normalized spacial score (nSPS) is 12.0. The lowest BCUT2D eigenvalue weighted by atomic mass is 10.2. The molecule has 0 aliphatic carbocycles. The highest BCUT2D eigenvalue weighted by Crippen LogP contribution is 2.29. The lowest BCUT2D eigenvalue weighted by Crippen LogP contribution is -2.28. The Labute approximate surface area is 138 Å². The molecule has 2 N–H and O–H groups in total. The summed E-state index contributed by atoms with van der Waals surface area (Å²) in [7, 11) is 0. The molecule has 0 spiro atoms. The quantitative estimate of drug-likeness (QED) is 0.746. The topological polar surface area (TPSA) is 50.7 Å². The number of nitrogens with one attached hydrogen (secondary N) is 1. The molecule has 0 saturated carbocycles. The van der Waals surface area contributed by atoms with Crippen molar-refractivity contribution in [1.82, 2.24) is 5.32 Å². The number of hydrogen-bond donors (Lipinski definition) is 2. The van der Waals surface area contributed by atoms with E-state index in [9.17, 15) is 0 Å². The molecule has 23 heavy (non-hydrogen) atoms. The van der Waals surface area contributed by atoms with E-state index in [1.807, 2.05) is 62.4 Å². The summed E-state index contributed by atoms with van der Waals surface area (Å²) in [5.74, 6) is 1.49. The SMILES string of the molecule is CCOc1cc(CN[C@H](C)CO)ccc1OCc1ccccc1. The van der Waals surface area contributed by atoms with Gasteiger partial charge < -0.3 is 19.9 Å². The van der Waals surface area contributed by atoms with Gasteiger partial charge in [-0.15, -0.1) is 0 Å². The average molecular weight is 315 g/mol. The highest BCUT2D eigenvalue weighted by Gasteiger charge is 2.08. The molecule has 0 fully saturated rings. The summed E-state index contributed by atoms with van der Waals surface area (Å²) in [6, 6.07) is 16.1. The van der Waals surface area contributed by atoms with Gasteiger partial charge in [-0.3, -0.25) is 0 Å². The Morgan fingerprint density at radius 2 is 1.78 bits per heavy atom. The molecule has 0 bridgehead atoms. The van der Waals surface area contributed by atoms with Crippen molar-refractivity contribution in [3.63, 3.8) is 0 Å². The van der Waals surface area contributed by atoms with Crippen molar-refractivity contribution in [3.05, 3.63) is 59.7 Å². The number of hydrogen-bond acceptors (Lipinski definition) is 4. The van der Waals surface area contributed by atoms with E-state index >= 15 is 0 Å². The molecule has 0 radical (unpaired) electrons. The summed E-state index contributed by atoms with van der Waals surface area (Å²) in [5.41, 5.74) is 2.22. The van der Waals surface area contributed by atoms with Crippen LogP contribution in [0.2, 0.25) is 0 Å². The number of benzene rings is 2. The third kappa shape index (κ3) is 5.58. The smallest absolute Gasteiger partial charge is 0.161 e. The van der Waals surface area contributed by atoms with E-state index in [4.69, 9.17) is 14.6 Å². The predicted octanol–water partition coefficient (Wildman–Crippen LogP) is 3.13. The molecular weight excluding hydrogens is 290 g/mol. The molecule has 2 aromatic carbocycles. The van der Waals surface area contributed by atoms with Crippen LogP contribution >= 0.6 is 0 Å². The third-order valence-electron chi connectivity index (χ3n) is 3.47. The van der Waals surface area contributed by atoms with Crippen molar-refractivity contribution in [1.29, 1.82) is 0 Å². The Balaban J connectivity index is 2.03. The van der Waals surface area contributed by atoms with E-state index in [0.717, 1.165) is 22.6 Å². The van der Waals surface area contributed by atoms with Crippen molar-refractivity contribution < 1.29 is 14.6 Å². The van der Waals surface area contributed by atoms with Crippen LogP contribution in [-0.4, -0.2) is 24.4 Å². The molecule has 4 nitrogen and oxygen atoms in total. The van der Waals surface area contributed by atoms with Crippen molar-refractivity contribution in [3.8, 4) is 11.5 Å². The van der Waals surface area contributed by atoms with Gasteiger partial charge in [0.15, 0.2) is 11.5 Å². The van der Waals surface area contributed by atoms with Gasteiger partial charge in [0.2, 0.25) is 0 Å². The number of ether oxygens (including phenoxy) is 2. The molecule has 0 aliphatic heterocycles. The van der Waals surface area contributed by atoms with Crippen LogP contribution in [0.4, 0.5) is 0 Å². The van der Waals surface area contributed by atoms with Crippen LogP contribution in [0.3, 0.4) is 0 Å². The summed E-state index contributed by atoms with van der Waals surface area (Å²) in [6.07, 6.45) is 0. The van der Waals surface area contributed by atoms with Crippen molar-refractivity contribution in [2.45, 2.75) is 33.0 Å². The van der Waals surface area contributed by atoms with Crippen LogP contribution in [0, 0.1) is 0 Å². The number of aliphatic hydroxyl groups excluding tert-OH is 1. The van der Waals surface area contributed by atoms with Gasteiger partial charge in [0, 0.05) is 12.6 Å². The molecule has 0 unspecified atom stereocenters. The van der Waals surface area contributed by atoms with Gasteiger partial charge in [0.25, 0.3) is 0 Å². The molecule has 4 heteroatoms. The highest BCUT2D eigenvalue weighted by atomic mass is 16.5. The van der Waals surface area contributed by atoms with Crippen LogP contribution in [0.1, 0.15) is 25.0 Å². The minimum absolute atomic E-state index is 0.0690. The van der Waals surface area contributed by atoms with Crippen molar-refractivity contribution >= 4 is 0 Å². The molecule has 0 heterocycles. The Bertz CT molecular complexity index is 586. The Morgan fingerprint density at radius 1 is 1.00 bits per heavy atom. The minimum Gasteiger partial charge on any atom is -0.490 e. The van der Waals surface area contributed by atoms with Crippen LogP contribution in [0.5, 0.6) is 11.5 Å². The van der Waals surface area contributed by atoms with Gasteiger partial charge in [-0.2, -0.15) is 0 Å².